The van der Waals surface area contributed by atoms with Gasteiger partial charge >= 0.3 is 5.69 Å². The quantitative estimate of drug-likeness (QED) is 0.707. The third-order valence-electron chi connectivity index (χ3n) is 3.21. The Morgan fingerprint density at radius 3 is 2.71 bits per heavy atom. The molecular formula is C14H12N4O3. The monoisotopic (exact) mass is 284 g/mol. The molecule has 0 atom stereocenters. The van der Waals surface area contributed by atoms with Crippen LogP contribution in [0.2, 0.25) is 0 Å². The molecule has 7 heteroatoms. The number of aromatic amines is 1. The first-order valence-electron chi connectivity index (χ1n) is 6.30. The molecule has 0 aliphatic rings. The Balaban J connectivity index is 2.16. The smallest absolute Gasteiger partial charge is 0.308 e. The highest BCUT2D eigenvalue weighted by Gasteiger charge is 2.08. The number of hydrogen-bond donors (Lipinski definition) is 1. The summed E-state index contributed by atoms with van der Waals surface area (Å²) < 4.78 is 2.31. The summed E-state index contributed by atoms with van der Waals surface area (Å²) in [6.07, 6.45) is 1.40. The maximum absolute atomic E-state index is 12.0. The Hall–Kier alpha value is -2.96. The summed E-state index contributed by atoms with van der Waals surface area (Å²) in [6, 6.07) is 8.18. The van der Waals surface area contributed by atoms with Gasteiger partial charge in [-0.25, -0.2) is 9.78 Å². The highest BCUT2D eigenvalue weighted by Crippen LogP contribution is 2.05. The number of H-pyrrole nitrogens is 1. The van der Waals surface area contributed by atoms with Crippen molar-refractivity contribution in [2.75, 3.05) is 0 Å². The molecule has 0 amide bonds. The average Bonchev–Trinajstić information content (AvgIpc) is 2.48. The second-order valence-corrected chi connectivity index (χ2v) is 4.66. The van der Waals surface area contributed by atoms with E-state index in [4.69, 9.17) is 0 Å². The van der Waals surface area contributed by atoms with Gasteiger partial charge in [0, 0.05) is 19.3 Å². The summed E-state index contributed by atoms with van der Waals surface area (Å²) in [7, 11) is 1.55. The van der Waals surface area contributed by atoms with E-state index >= 15 is 0 Å². The van der Waals surface area contributed by atoms with E-state index in [2.05, 4.69) is 9.97 Å². The first kappa shape index (κ1) is 13.0. The van der Waals surface area contributed by atoms with Crippen LogP contribution in [0, 0.1) is 0 Å². The molecule has 2 heterocycles. The van der Waals surface area contributed by atoms with Gasteiger partial charge in [0.15, 0.2) is 0 Å². The molecule has 106 valence electrons. The Kier molecular flexibility index (Phi) is 3.02. The maximum atomic E-state index is 12.0. The molecule has 3 rings (SSSR count). The third kappa shape index (κ3) is 2.29. The summed E-state index contributed by atoms with van der Waals surface area (Å²) >= 11 is 0. The van der Waals surface area contributed by atoms with Crippen molar-refractivity contribution in [3.8, 4) is 0 Å². The molecule has 0 radical (unpaired) electrons. The highest BCUT2D eigenvalue weighted by atomic mass is 16.2. The van der Waals surface area contributed by atoms with Gasteiger partial charge in [-0.15, -0.1) is 0 Å². The molecule has 0 fully saturated rings. The molecular weight excluding hydrogens is 272 g/mol. The molecule has 0 aliphatic carbocycles. The minimum Gasteiger partial charge on any atom is -0.308 e. The van der Waals surface area contributed by atoms with Crippen molar-refractivity contribution in [3.63, 3.8) is 0 Å². The summed E-state index contributed by atoms with van der Waals surface area (Å²) in [5.41, 5.74) is -0.666. The van der Waals surface area contributed by atoms with Crippen LogP contribution in [0.3, 0.4) is 0 Å². The second kappa shape index (κ2) is 4.86. The van der Waals surface area contributed by atoms with Crippen LogP contribution in [0.25, 0.3) is 10.9 Å². The molecule has 3 aromatic rings. The van der Waals surface area contributed by atoms with Crippen LogP contribution in [-0.4, -0.2) is 19.1 Å². The van der Waals surface area contributed by atoms with E-state index in [9.17, 15) is 14.4 Å². The SMILES string of the molecule is Cn1ccc(=O)n(Cc2nc3ccccc3c(=O)[nH]2)c1=O. The fraction of sp³-hybridized carbons (Fsp3) is 0.143. The molecule has 7 nitrogen and oxygen atoms in total. The number of fused-ring (bicyclic) bond motifs is 1. The van der Waals surface area contributed by atoms with E-state index in [1.54, 1.807) is 31.3 Å². The number of aryl methyl sites for hydroxylation is 1. The Labute approximate surface area is 118 Å². The summed E-state index contributed by atoms with van der Waals surface area (Å²) in [5.74, 6) is 0.268. The normalized spacial score (nSPS) is 10.9. The van der Waals surface area contributed by atoms with Gasteiger partial charge in [0.1, 0.15) is 5.82 Å². The topological polar surface area (TPSA) is 89.8 Å². The van der Waals surface area contributed by atoms with E-state index in [0.717, 1.165) is 4.57 Å². The predicted octanol–water partition coefficient (Wildman–Crippen LogP) is -0.168. The minimum absolute atomic E-state index is 0.0770. The fourth-order valence-electron chi connectivity index (χ4n) is 2.12. The first-order valence-corrected chi connectivity index (χ1v) is 6.30. The second-order valence-electron chi connectivity index (χ2n) is 4.66. The number of rotatable bonds is 2. The van der Waals surface area contributed by atoms with Crippen molar-refractivity contribution in [1.82, 2.24) is 19.1 Å². The van der Waals surface area contributed by atoms with Gasteiger partial charge in [0.05, 0.1) is 17.4 Å². The molecule has 1 N–H and O–H groups in total. The van der Waals surface area contributed by atoms with Crippen molar-refractivity contribution in [2.45, 2.75) is 6.54 Å². The predicted molar refractivity (Wildman–Crippen MR) is 77.4 cm³/mol. The van der Waals surface area contributed by atoms with Gasteiger partial charge in [0.2, 0.25) is 0 Å². The standard InChI is InChI=1S/C14H12N4O3/c1-17-7-6-12(19)18(14(17)21)8-11-15-10-5-3-2-4-9(10)13(20)16-11/h2-7H,8H2,1H3,(H,15,16,20). The molecule has 0 spiro atoms. The molecule has 0 bridgehead atoms. The third-order valence-corrected chi connectivity index (χ3v) is 3.21. The van der Waals surface area contributed by atoms with Gasteiger partial charge in [-0.1, -0.05) is 12.1 Å². The zero-order valence-corrected chi connectivity index (χ0v) is 11.2. The molecule has 0 aliphatic heterocycles. The van der Waals surface area contributed by atoms with Crippen molar-refractivity contribution in [3.05, 3.63) is 73.5 Å². The van der Waals surface area contributed by atoms with Crippen molar-refractivity contribution in [1.29, 1.82) is 0 Å². The largest absolute Gasteiger partial charge is 0.331 e. The van der Waals surface area contributed by atoms with Crippen LogP contribution in [0.15, 0.2) is 50.9 Å². The summed E-state index contributed by atoms with van der Waals surface area (Å²) in [6.45, 7) is -0.0770. The number of aromatic nitrogens is 4. The number of benzene rings is 1. The number of hydrogen-bond acceptors (Lipinski definition) is 4. The zero-order valence-electron chi connectivity index (χ0n) is 11.2. The number of nitrogens with one attached hydrogen (secondary N) is 1. The molecule has 2 aromatic heterocycles. The lowest BCUT2D eigenvalue weighted by Crippen LogP contribution is -2.38. The van der Waals surface area contributed by atoms with E-state index in [0.29, 0.717) is 10.9 Å². The molecule has 1 aromatic carbocycles. The Morgan fingerprint density at radius 1 is 1.14 bits per heavy atom. The van der Waals surface area contributed by atoms with Gasteiger partial charge in [-0.2, -0.15) is 0 Å². The van der Waals surface area contributed by atoms with E-state index in [-0.39, 0.29) is 17.9 Å². The molecule has 0 saturated heterocycles. The first-order chi connectivity index (χ1) is 10.1. The lowest BCUT2D eigenvalue weighted by Gasteiger charge is -2.06. The van der Waals surface area contributed by atoms with Crippen molar-refractivity contribution < 1.29 is 0 Å². The fourth-order valence-corrected chi connectivity index (χ4v) is 2.12. The van der Waals surface area contributed by atoms with Crippen molar-refractivity contribution >= 4 is 10.9 Å². The molecule has 0 saturated carbocycles. The Bertz CT molecular complexity index is 997. The summed E-state index contributed by atoms with van der Waals surface area (Å²) in [5, 5.41) is 0.467. The van der Waals surface area contributed by atoms with Gasteiger partial charge in [0.25, 0.3) is 11.1 Å². The van der Waals surface area contributed by atoms with E-state index < -0.39 is 11.2 Å². The zero-order chi connectivity index (χ0) is 15.0. The average molecular weight is 284 g/mol. The number of para-hydroxylation sites is 1. The van der Waals surface area contributed by atoms with Crippen LogP contribution >= 0.6 is 0 Å². The number of nitrogens with zero attached hydrogens (tertiary/aromatic N) is 3. The van der Waals surface area contributed by atoms with Crippen LogP contribution in [0.4, 0.5) is 0 Å². The van der Waals surface area contributed by atoms with Crippen LogP contribution in [0.1, 0.15) is 5.82 Å². The van der Waals surface area contributed by atoms with Crippen LogP contribution in [-0.2, 0) is 13.6 Å². The molecule has 21 heavy (non-hydrogen) atoms. The van der Waals surface area contributed by atoms with Gasteiger partial charge in [-0.05, 0) is 12.1 Å². The van der Waals surface area contributed by atoms with Gasteiger partial charge in [-0.3, -0.25) is 14.2 Å². The van der Waals surface area contributed by atoms with Gasteiger partial charge < -0.3 is 9.55 Å². The molecule has 0 unspecified atom stereocenters. The summed E-state index contributed by atoms with van der Waals surface area (Å²) in [4.78, 5) is 42.6. The maximum Gasteiger partial charge on any atom is 0.331 e. The lowest BCUT2D eigenvalue weighted by molar-refractivity contribution is 0.620. The lowest BCUT2D eigenvalue weighted by atomic mass is 10.2. The van der Waals surface area contributed by atoms with Crippen LogP contribution < -0.4 is 16.8 Å². The van der Waals surface area contributed by atoms with Crippen molar-refractivity contribution in [2.24, 2.45) is 7.05 Å². The Morgan fingerprint density at radius 2 is 1.90 bits per heavy atom. The van der Waals surface area contributed by atoms with E-state index in [1.165, 1.54) is 16.8 Å². The van der Waals surface area contributed by atoms with Crippen LogP contribution in [0.5, 0.6) is 0 Å². The van der Waals surface area contributed by atoms with E-state index in [1.807, 2.05) is 0 Å². The highest BCUT2D eigenvalue weighted by molar-refractivity contribution is 5.77. The minimum atomic E-state index is -0.460.